The van der Waals surface area contributed by atoms with E-state index in [9.17, 15) is 5.11 Å². The van der Waals surface area contributed by atoms with E-state index in [1.165, 1.54) is 16.9 Å². The third-order valence-electron chi connectivity index (χ3n) is 3.28. The zero-order valence-electron chi connectivity index (χ0n) is 10.6. The molecule has 3 unspecified atom stereocenters. The van der Waals surface area contributed by atoms with Gasteiger partial charge in [0.05, 0.1) is 0 Å². The third-order valence-corrected chi connectivity index (χ3v) is 4.05. The molecule has 0 spiro atoms. The van der Waals surface area contributed by atoms with Gasteiger partial charge < -0.3 is 16.2 Å². The minimum absolute atomic E-state index is 0.270. The predicted molar refractivity (Wildman–Crippen MR) is 75.0 cm³/mol. The highest BCUT2D eigenvalue weighted by molar-refractivity contribution is 7.15. The Morgan fingerprint density at radius 2 is 2.26 bits per heavy atom. The summed E-state index contributed by atoms with van der Waals surface area (Å²) in [5.74, 6) is 0.441. The molecule has 1 saturated carbocycles. The Hall–Kier alpha value is -1.50. The van der Waals surface area contributed by atoms with Crippen molar-refractivity contribution in [1.82, 2.24) is 10.2 Å². The number of nitrogens with one attached hydrogen (secondary N) is 1. The number of benzene rings is 1. The van der Waals surface area contributed by atoms with Gasteiger partial charge in [-0.05, 0) is 18.9 Å². The van der Waals surface area contributed by atoms with Crippen LogP contribution in [-0.2, 0) is 0 Å². The zero-order valence-corrected chi connectivity index (χ0v) is 11.4. The van der Waals surface area contributed by atoms with Crippen molar-refractivity contribution < 1.29 is 5.11 Å². The van der Waals surface area contributed by atoms with E-state index in [1.807, 2.05) is 25.1 Å². The number of aliphatic hydroxyl groups is 1. The van der Waals surface area contributed by atoms with E-state index in [1.54, 1.807) is 0 Å². The largest absolute Gasteiger partial charge is 0.369 e. The minimum Gasteiger partial charge on any atom is -0.369 e. The van der Waals surface area contributed by atoms with Gasteiger partial charge in [-0.15, -0.1) is 10.2 Å². The van der Waals surface area contributed by atoms with Crippen molar-refractivity contribution in [3.8, 4) is 0 Å². The summed E-state index contributed by atoms with van der Waals surface area (Å²) in [7, 11) is 0. The number of rotatable bonds is 4. The molecule has 19 heavy (non-hydrogen) atoms. The van der Waals surface area contributed by atoms with Crippen molar-refractivity contribution in [3.63, 3.8) is 0 Å². The molecule has 1 heterocycles. The predicted octanol–water partition coefficient (Wildman–Crippen LogP) is 1.76. The first-order chi connectivity index (χ1) is 9.13. The Labute approximate surface area is 115 Å². The van der Waals surface area contributed by atoms with Crippen LogP contribution in [0.25, 0.3) is 0 Å². The average molecular weight is 276 g/mol. The Kier molecular flexibility index (Phi) is 3.22. The summed E-state index contributed by atoms with van der Waals surface area (Å²) in [4.78, 5) is 0. The van der Waals surface area contributed by atoms with Crippen LogP contribution in [0.1, 0.15) is 34.7 Å². The summed E-state index contributed by atoms with van der Waals surface area (Å²) in [6.45, 7) is 1.88. The van der Waals surface area contributed by atoms with Gasteiger partial charge in [0.25, 0.3) is 0 Å². The van der Waals surface area contributed by atoms with E-state index >= 15 is 0 Å². The zero-order chi connectivity index (χ0) is 13.4. The van der Waals surface area contributed by atoms with Crippen LogP contribution in [0.2, 0.25) is 0 Å². The summed E-state index contributed by atoms with van der Waals surface area (Å²) < 4.78 is 0. The number of hydrogen-bond acceptors (Lipinski definition) is 6. The number of hydrogen-bond donors (Lipinski definition) is 3. The molecule has 100 valence electrons. The van der Waals surface area contributed by atoms with Gasteiger partial charge in [0, 0.05) is 17.5 Å². The van der Waals surface area contributed by atoms with Crippen molar-refractivity contribution in [3.05, 3.63) is 40.4 Å². The summed E-state index contributed by atoms with van der Waals surface area (Å²) in [6.07, 6.45) is 0.255. The summed E-state index contributed by atoms with van der Waals surface area (Å²) in [5.41, 5.74) is 7.87. The van der Waals surface area contributed by atoms with Gasteiger partial charge in [-0.2, -0.15) is 0 Å². The Bertz CT molecular complexity index is 586. The molecule has 3 rings (SSSR count). The van der Waals surface area contributed by atoms with Crippen LogP contribution in [0.5, 0.6) is 0 Å². The summed E-state index contributed by atoms with van der Waals surface area (Å²) in [5, 5.41) is 22.5. The smallest absolute Gasteiger partial charge is 0.207 e. The molecule has 0 radical (unpaired) electrons. The molecule has 1 aliphatic rings. The van der Waals surface area contributed by atoms with Crippen LogP contribution in [0.3, 0.4) is 0 Å². The molecule has 0 amide bonds. The van der Waals surface area contributed by atoms with Gasteiger partial charge in [-0.3, -0.25) is 0 Å². The lowest BCUT2D eigenvalue weighted by Gasteiger charge is -2.13. The van der Waals surface area contributed by atoms with Crippen LogP contribution in [0.15, 0.2) is 24.3 Å². The highest BCUT2D eigenvalue weighted by atomic mass is 32.1. The minimum atomic E-state index is -0.776. The maximum absolute atomic E-state index is 10.2. The van der Waals surface area contributed by atoms with Gasteiger partial charge in [0.2, 0.25) is 5.13 Å². The molecule has 0 aliphatic heterocycles. The summed E-state index contributed by atoms with van der Waals surface area (Å²) in [6, 6.07) is 8.17. The molecule has 1 aromatic carbocycles. The molecule has 1 aliphatic carbocycles. The molecule has 0 bridgehead atoms. The fourth-order valence-corrected chi connectivity index (χ4v) is 2.73. The van der Waals surface area contributed by atoms with Crippen molar-refractivity contribution in [2.24, 2.45) is 5.73 Å². The number of nitrogens with two attached hydrogens (primary N) is 1. The molecule has 4 N–H and O–H groups in total. The number of aromatic nitrogens is 2. The van der Waals surface area contributed by atoms with E-state index < -0.39 is 6.23 Å². The van der Waals surface area contributed by atoms with Gasteiger partial charge in [0.15, 0.2) is 6.23 Å². The number of nitrogens with zero attached hydrogens (tertiary/aromatic N) is 2. The lowest BCUT2D eigenvalue weighted by Crippen LogP contribution is -2.10. The fraction of sp³-hybridized carbons (Fsp3) is 0.385. The monoisotopic (exact) mass is 276 g/mol. The molecular formula is C13H16N4OS. The Morgan fingerprint density at radius 3 is 2.89 bits per heavy atom. The molecule has 5 nitrogen and oxygen atoms in total. The van der Waals surface area contributed by atoms with Gasteiger partial charge in [-0.1, -0.05) is 35.6 Å². The number of aryl methyl sites for hydroxylation is 1. The molecule has 1 fully saturated rings. The second-order valence-corrected chi connectivity index (χ2v) is 6.03. The Balaban J connectivity index is 1.74. The first-order valence-electron chi connectivity index (χ1n) is 6.23. The molecular weight excluding hydrogens is 260 g/mol. The standard InChI is InChI=1S/C13H16N4OS/c1-7-16-17-13(19-7)15-12(18)9-4-2-3-8(5-9)10-6-11(10)14/h2-5,10-12,18H,6,14H2,1H3,(H,15,17). The Morgan fingerprint density at radius 1 is 1.47 bits per heavy atom. The van der Waals surface area contributed by atoms with Crippen LogP contribution in [0.4, 0.5) is 5.13 Å². The second kappa shape index (κ2) is 4.88. The van der Waals surface area contributed by atoms with Gasteiger partial charge in [0.1, 0.15) is 5.01 Å². The summed E-state index contributed by atoms with van der Waals surface area (Å²) >= 11 is 1.42. The molecule has 6 heteroatoms. The molecule has 1 aromatic heterocycles. The molecule has 2 aromatic rings. The van der Waals surface area contributed by atoms with Crippen molar-refractivity contribution in [1.29, 1.82) is 0 Å². The first-order valence-corrected chi connectivity index (χ1v) is 7.05. The molecule has 3 atom stereocenters. The highest BCUT2D eigenvalue weighted by Gasteiger charge is 2.34. The topological polar surface area (TPSA) is 84.1 Å². The van der Waals surface area contributed by atoms with Crippen molar-refractivity contribution >= 4 is 16.5 Å². The van der Waals surface area contributed by atoms with Crippen LogP contribution >= 0.6 is 11.3 Å². The van der Waals surface area contributed by atoms with Gasteiger partial charge >= 0.3 is 0 Å². The van der Waals surface area contributed by atoms with Crippen LogP contribution in [0, 0.1) is 6.92 Å². The van der Waals surface area contributed by atoms with Crippen LogP contribution < -0.4 is 11.1 Å². The van der Waals surface area contributed by atoms with E-state index in [0.29, 0.717) is 11.0 Å². The van der Waals surface area contributed by atoms with E-state index in [2.05, 4.69) is 21.6 Å². The normalized spacial score (nSPS) is 23.1. The maximum Gasteiger partial charge on any atom is 0.207 e. The first kappa shape index (κ1) is 12.5. The second-order valence-electron chi connectivity index (χ2n) is 4.85. The average Bonchev–Trinajstić information content (AvgIpc) is 3.00. The van der Waals surface area contributed by atoms with Crippen LogP contribution in [-0.4, -0.2) is 21.3 Å². The van der Waals surface area contributed by atoms with E-state index in [-0.39, 0.29) is 6.04 Å². The van der Waals surface area contributed by atoms with E-state index in [0.717, 1.165) is 17.0 Å². The lowest BCUT2D eigenvalue weighted by atomic mass is 10.1. The maximum atomic E-state index is 10.2. The van der Waals surface area contributed by atoms with Gasteiger partial charge in [-0.25, -0.2) is 0 Å². The lowest BCUT2D eigenvalue weighted by molar-refractivity contribution is 0.208. The SMILES string of the molecule is Cc1nnc(NC(O)c2cccc(C3CC3N)c2)s1. The molecule has 0 saturated heterocycles. The third kappa shape index (κ3) is 2.75. The van der Waals surface area contributed by atoms with E-state index in [4.69, 9.17) is 5.73 Å². The fourth-order valence-electron chi connectivity index (χ4n) is 2.11. The highest BCUT2D eigenvalue weighted by Crippen LogP contribution is 2.39. The van der Waals surface area contributed by atoms with Crippen molar-refractivity contribution in [2.45, 2.75) is 31.5 Å². The van der Waals surface area contributed by atoms with Crippen molar-refractivity contribution in [2.75, 3.05) is 5.32 Å². The quantitative estimate of drug-likeness (QED) is 0.741. The number of aliphatic hydroxyl groups excluding tert-OH is 1. The number of anilines is 1.